The van der Waals surface area contributed by atoms with Gasteiger partial charge in [0.1, 0.15) is 5.82 Å². The van der Waals surface area contributed by atoms with E-state index in [9.17, 15) is 14.4 Å². The van der Waals surface area contributed by atoms with Crippen molar-refractivity contribution in [1.29, 1.82) is 0 Å². The molecule has 0 unspecified atom stereocenters. The van der Waals surface area contributed by atoms with Gasteiger partial charge in [0.25, 0.3) is 11.8 Å². The van der Waals surface area contributed by atoms with Crippen molar-refractivity contribution in [2.45, 2.75) is 6.92 Å². The minimum absolute atomic E-state index is 0.122. The Hall–Kier alpha value is -3.42. The van der Waals surface area contributed by atoms with Crippen LogP contribution in [-0.4, -0.2) is 29.8 Å². The summed E-state index contributed by atoms with van der Waals surface area (Å²) in [5.74, 6) is -0.788. The van der Waals surface area contributed by atoms with Crippen molar-refractivity contribution < 1.29 is 14.4 Å². The van der Waals surface area contributed by atoms with Crippen LogP contribution >= 0.6 is 23.2 Å². The van der Waals surface area contributed by atoms with Crippen molar-refractivity contribution in [3.63, 3.8) is 0 Å². The summed E-state index contributed by atoms with van der Waals surface area (Å²) in [5.41, 5.74) is 1.46. The number of nitrogens with one attached hydrogen (secondary N) is 2. The lowest BCUT2D eigenvalue weighted by atomic mass is 10.1. The van der Waals surface area contributed by atoms with E-state index in [-0.39, 0.29) is 23.0 Å². The lowest BCUT2D eigenvalue weighted by molar-refractivity contribution is -0.116. The van der Waals surface area contributed by atoms with E-state index in [0.717, 1.165) is 0 Å². The van der Waals surface area contributed by atoms with Gasteiger partial charge in [0, 0.05) is 41.5 Å². The molecule has 0 bridgehead atoms. The van der Waals surface area contributed by atoms with Crippen LogP contribution in [0.1, 0.15) is 27.6 Å². The molecular formula is C22H18Cl2N4O3. The molecule has 2 aromatic carbocycles. The number of carbonyl (C=O) groups excluding carboxylic acids is 3. The molecule has 0 fully saturated rings. The van der Waals surface area contributed by atoms with E-state index in [4.69, 9.17) is 23.2 Å². The SMILES string of the molecule is CC(=O)N(C)c1ccc(C(=O)Nc2ccc(Cl)cc2C(=O)Nc2cc(Cl)ccn2)cc1. The minimum Gasteiger partial charge on any atom is -0.321 e. The fraction of sp³-hybridized carbons (Fsp3) is 0.0909. The molecule has 0 atom stereocenters. The Morgan fingerprint density at radius 2 is 1.55 bits per heavy atom. The van der Waals surface area contributed by atoms with E-state index in [1.165, 1.54) is 30.2 Å². The summed E-state index contributed by atoms with van der Waals surface area (Å²) in [4.78, 5) is 42.4. The molecule has 0 spiro atoms. The fourth-order valence-electron chi connectivity index (χ4n) is 2.68. The number of hydrogen-bond donors (Lipinski definition) is 2. The maximum Gasteiger partial charge on any atom is 0.258 e. The Bertz CT molecular complexity index is 1150. The second kappa shape index (κ2) is 9.59. The smallest absolute Gasteiger partial charge is 0.258 e. The molecule has 0 radical (unpaired) electrons. The molecule has 0 aliphatic rings. The normalized spacial score (nSPS) is 10.3. The Balaban J connectivity index is 1.81. The van der Waals surface area contributed by atoms with Crippen molar-refractivity contribution in [3.8, 4) is 0 Å². The molecular weight excluding hydrogens is 439 g/mol. The molecule has 1 aromatic heterocycles. The van der Waals surface area contributed by atoms with E-state index in [2.05, 4.69) is 15.6 Å². The number of carbonyl (C=O) groups is 3. The summed E-state index contributed by atoms with van der Waals surface area (Å²) in [6.07, 6.45) is 1.46. The molecule has 2 N–H and O–H groups in total. The minimum atomic E-state index is -0.508. The molecule has 9 heteroatoms. The zero-order chi connectivity index (χ0) is 22.5. The number of pyridine rings is 1. The van der Waals surface area contributed by atoms with Gasteiger partial charge in [0.2, 0.25) is 5.91 Å². The third-order valence-electron chi connectivity index (χ3n) is 4.43. The third-order valence-corrected chi connectivity index (χ3v) is 4.90. The molecule has 3 rings (SSSR count). The molecule has 0 saturated heterocycles. The molecule has 3 amide bonds. The largest absolute Gasteiger partial charge is 0.321 e. The van der Waals surface area contributed by atoms with Crippen LogP contribution < -0.4 is 15.5 Å². The zero-order valence-corrected chi connectivity index (χ0v) is 18.2. The van der Waals surface area contributed by atoms with Gasteiger partial charge in [-0.05, 0) is 54.6 Å². The molecule has 7 nitrogen and oxygen atoms in total. The average molecular weight is 457 g/mol. The summed E-state index contributed by atoms with van der Waals surface area (Å²) in [6.45, 7) is 1.45. The summed E-state index contributed by atoms with van der Waals surface area (Å²) in [5, 5.41) is 6.10. The van der Waals surface area contributed by atoms with Crippen LogP contribution in [0.15, 0.2) is 60.8 Å². The van der Waals surface area contributed by atoms with Crippen LogP contribution in [0, 0.1) is 0 Å². The first-order chi connectivity index (χ1) is 14.7. The molecule has 0 saturated carbocycles. The topological polar surface area (TPSA) is 91.4 Å². The standard InChI is InChI=1S/C22H18Cl2N4O3/c1-13(29)28(2)17-6-3-14(4-7-17)21(30)26-19-8-5-15(23)11-18(19)22(31)27-20-12-16(24)9-10-25-20/h3-12H,1-2H3,(H,26,30)(H,25,27,31). The second-order valence-electron chi connectivity index (χ2n) is 6.58. The second-order valence-corrected chi connectivity index (χ2v) is 7.46. The van der Waals surface area contributed by atoms with Crippen LogP contribution in [0.5, 0.6) is 0 Å². The quantitative estimate of drug-likeness (QED) is 0.572. The molecule has 0 aliphatic heterocycles. The van der Waals surface area contributed by atoms with E-state index in [0.29, 0.717) is 21.3 Å². The lowest BCUT2D eigenvalue weighted by Crippen LogP contribution is -2.23. The number of anilines is 3. The summed E-state index contributed by atoms with van der Waals surface area (Å²) < 4.78 is 0. The number of halogens is 2. The predicted octanol–water partition coefficient (Wildman–Crippen LogP) is 4.88. The van der Waals surface area contributed by atoms with Crippen LogP contribution in [0.25, 0.3) is 0 Å². The fourth-order valence-corrected chi connectivity index (χ4v) is 3.01. The summed E-state index contributed by atoms with van der Waals surface area (Å²) in [6, 6.07) is 14.2. The number of hydrogen-bond acceptors (Lipinski definition) is 4. The van der Waals surface area contributed by atoms with Crippen LogP contribution in [0.2, 0.25) is 10.0 Å². The van der Waals surface area contributed by atoms with Gasteiger partial charge in [0.15, 0.2) is 0 Å². The predicted molar refractivity (Wildman–Crippen MR) is 122 cm³/mol. The molecule has 3 aromatic rings. The van der Waals surface area contributed by atoms with Crippen LogP contribution in [-0.2, 0) is 4.79 Å². The Morgan fingerprint density at radius 3 is 2.19 bits per heavy atom. The Morgan fingerprint density at radius 1 is 0.871 bits per heavy atom. The third kappa shape index (κ3) is 5.59. The van der Waals surface area contributed by atoms with Gasteiger partial charge in [-0.1, -0.05) is 23.2 Å². The van der Waals surface area contributed by atoms with Gasteiger partial charge in [-0.3, -0.25) is 14.4 Å². The first-order valence-electron chi connectivity index (χ1n) is 9.13. The van der Waals surface area contributed by atoms with Crippen molar-refractivity contribution in [2.75, 3.05) is 22.6 Å². The Kier molecular flexibility index (Phi) is 6.89. The maximum atomic E-state index is 12.8. The Labute approximate surface area is 189 Å². The maximum absolute atomic E-state index is 12.8. The van der Waals surface area contributed by atoms with E-state index < -0.39 is 11.8 Å². The number of nitrogens with zero attached hydrogens (tertiary/aromatic N) is 2. The first-order valence-corrected chi connectivity index (χ1v) is 9.88. The zero-order valence-electron chi connectivity index (χ0n) is 16.6. The van der Waals surface area contributed by atoms with Crippen molar-refractivity contribution in [2.24, 2.45) is 0 Å². The van der Waals surface area contributed by atoms with Gasteiger partial charge in [-0.15, -0.1) is 0 Å². The van der Waals surface area contributed by atoms with Crippen molar-refractivity contribution >= 4 is 58.1 Å². The highest BCUT2D eigenvalue weighted by Gasteiger charge is 2.16. The monoisotopic (exact) mass is 456 g/mol. The van der Waals surface area contributed by atoms with E-state index in [1.807, 2.05) is 0 Å². The highest BCUT2D eigenvalue weighted by atomic mass is 35.5. The molecule has 1 heterocycles. The van der Waals surface area contributed by atoms with E-state index >= 15 is 0 Å². The van der Waals surface area contributed by atoms with Gasteiger partial charge < -0.3 is 15.5 Å². The molecule has 158 valence electrons. The average Bonchev–Trinajstić information content (AvgIpc) is 2.74. The van der Waals surface area contributed by atoms with Gasteiger partial charge in [-0.25, -0.2) is 4.98 Å². The highest BCUT2D eigenvalue weighted by molar-refractivity contribution is 6.31. The lowest BCUT2D eigenvalue weighted by Gasteiger charge is -2.15. The number of aromatic nitrogens is 1. The number of amides is 3. The van der Waals surface area contributed by atoms with Crippen LogP contribution in [0.4, 0.5) is 17.2 Å². The van der Waals surface area contributed by atoms with Gasteiger partial charge in [0.05, 0.1) is 11.3 Å². The van der Waals surface area contributed by atoms with Gasteiger partial charge >= 0.3 is 0 Å². The van der Waals surface area contributed by atoms with Crippen molar-refractivity contribution in [3.05, 3.63) is 82.0 Å². The van der Waals surface area contributed by atoms with Gasteiger partial charge in [-0.2, -0.15) is 0 Å². The highest BCUT2D eigenvalue weighted by Crippen LogP contribution is 2.23. The molecule has 31 heavy (non-hydrogen) atoms. The summed E-state index contributed by atoms with van der Waals surface area (Å²) >= 11 is 12.0. The van der Waals surface area contributed by atoms with E-state index in [1.54, 1.807) is 49.5 Å². The first kappa shape index (κ1) is 22.3. The van der Waals surface area contributed by atoms with Crippen molar-refractivity contribution in [1.82, 2.24) is 4.98 Å². The number of rotatable bonds is 5. The summed E-state index contributed by atoms with van der Waals surface area (Å²) in [7, 11) is 1.64. The molecule has 0 aliphatic carbocycles. The number of benzene rings is 2. The van der Waals surface area contributed by atoms with Crippen LogP contribution in [0.3, 0.4) is 0 Å².